The zero-order chi connectivity index (χ0) is 10.0. The van der Waals surface area contributed by atoms with E-state index in [1.54, 1.807) is 6.92 Å². The number of nitro benzene ring substituents is 1. The number of aryl methyl sites for hydroxylation is 1. The number of benzene rings is 1. The largest absolute Gasteiger partial charge is 0.273 e. The predicted molar refractivity (Wildman–Crippen MR) is 50.2 cm³/mol. The molecule has 5 heteroatoms. The molecule has 0 aromatic heterocycles. The molecule has 0 spiro atoms. The summed E-state index contributed by atoms with van der Waals surface area (Å²) in [5.41, 5.74) is 0.915. The third kappa shape index (κ3) is 1.84. The second-order valence-electron chi connectivity index (χ2n) is 2.49. The SMILES string of the molecule is Cc1cc(C#N)c(Br)cc1[N+](=O)[O-]. The summed E-state index contributed by atoms with van der Waals surface area (Å²) in [5.74, 6) is 0. The average molecular weight is 241 g/mol. The van der Waals surface area contributed by atoms with E-state index >= 15 is 0 Å². The Morgan fingerprint density at radius 1 is 1.62 bits per heavy atom. The molecule has 0 aliphatic carbocycles. The minimum Gasteiger partial charge on any atom is -0.258 e. The molecule has 13 heavy (non-hydrogen) atoms. The third-order valence-electron chi connectivity index (χ3n) is 1.60. The Balaban J connectivity index is 3.39. The lowest BCUT2D eigenvalue weighted by atomic mass is 10.1. The summed E-state index contributed by atoms with van der Waals surface area (Å²) >= 11 is 3.08. The molecule has 0 fully saturated rings. The fourth-order valence-corrected chi connectivity index (χ4v) is 1.37. The summed E-state index contributed by atoms with van der Waals surface area (Å²) in [4.78, 5) is 10.0. The van der Waals surface area contributed by atoms with Gasteiger partial charge >= 0.3 is 0 Å². The first kappa shape index (κ1) is 9.68. The van der Waals surface area contributed by atoms with Crippen molar-refractivity contribution >= 4 is 21.6 Å². The van der Waals surface area contributed by atoms with E-state index in [2.05, 4.69) is 15.9 Å². The number of nitrogens with zero attached hydrogens (tertiary/aromatic N) is 2. The number of nitriles is 1. The van der Waals surface area contributed by atoms with Crippen molar-refractivity contribution < 1.29 is 4.92 Å². The van der Waals surface area contributed by atoms with Gasteiger partial charge in [0.25, 0.3) is 5.69 Å². The van der Waals surface area contributed by atoms with Crippen molar-refractivity contribution in [2.24, 2.45) is 0 Å². The van der Waals surface area contributed by atoms with Gasteiger partial charge in [-0.15, -0.1) is 0 Å². The van der Waals surface area contributed by atoms with Crippen LogP contribution in [-0.4, -0.2) is 4.92 Å². The van der Waals surface area contributed by atoms with E-state index < -0.39 is 4.92 Å². The van der Waals surface area contributed by atoms with E-state index in [0.717, 1.165) is 0 Å². The van der Waals surface area contributed by atoms with Gasteiger partial charge in [-0.25, -0.2) is 0 Å². The molecule has 0 aliphatic heterocycles. The van der Waals surface area contributed by atoms with Gasteiger partial charge in [0.1, 0.15) is 6.07 Å². The third-order valence-corrected chi connectivity index (χ3v) is 2.26. The highest BCUT2D eigenvalue weighted by Gasteiger charge is 2.13. The van der Waals surface area contributed by atoms with Crippen molar-refractivity contribution in [1.82, 2.24) is 0 Å². The molecule has 1 aromatic rings. The Kier molecular flexibility index (Phi) is 2.63. The van der Waals surface area contributed by atoms with Crippen LogP contribution in [0.3, 0.4) is 0 Å². The van der Waals surface area contributed by atoms with Gasteiger partial charge in [0.2, 0.25) is 0 Å². The quantitative estimate of drug-likeness (QED) is 0.560. The molecule has 0 bridgehead atoms. The van der Waals surface area contributed by atoms with Gasteiger partial charge in [-0.3, -0.25) is 10.1 Å². The predicted octanol–water partition coefficient (Wildman–Crippen LogP) is 2.54. The Bertz CT molecular complexity index is 409. The summed E-state index contributed by atoms with van der Waals surface area (Å²) in [5, 5.41) is 19.1. The van der Waals surface area contributed by atoms with Crippen molar-refractivity contribution in [3.8, 4) is 6.07 Å². The van der Waals surface area contributed by atoms with E-state index in [1.165, 1.54) is 12.1 Å². The summed E-state index contributed by atoms with van der Waals surface area (Å²) in [6.07, 6.45) is 0. The molecule has 0 N–H and O–H groups in total. The molecule has 0 saturated heterocycles. The Morgan fingerprint density at radius 2 is 2.23 bits per heavy atom. The second-order valence-corrected chi connectivity index (χ2v) is 3.34. The van der Waals surface area contributed by atoms with Crippen LogP contribution in [0.25, 0.3) is 0 Å². The smallest absolute Gasteiger partial charge is 0.258 e. The van der Waals surface area contributed by atoms with Crippen LogP contribution in [-0.2, 0) is 0 Å². The fourth-order valence-electron chi connectivity index (χ4n) is 0.953. The van der Waals surface area contributed by atoms with Gasteiger partial charge in [0.15, 0.2) is 0 Å². The van der Waals surface area contributed by atoms with Crippen molar-refractivity contribution in [3.63, 3.8) is 0 Å². The van der Waals surface area contributed by atoms with Gasteiger partial charge in [-0.05, 0) is 28.9 Å². The van der Waals surface area contributed by atoms with Crippen molar-refractivity contribution in [1.29, 1.82) is 5.26 Å². The Morgan fingerprint density at radius 3 is 2.69 bits per heavy atom. The lowest BCUT2D eigenvalue weighted by Gasteiger charge is -1.99. The van der Waals surface area contributed by atoms with E-state index in [4.69, 9.17) is 5.26 Å². The number of hydrogen-bond donors (Lipinski definition) is 0. The normalized spacial score (nSPS) is 9.31. The number of rotatable bonds is 1. The summed E-state index contributed by atoms with van der Waals surface area (Å²) in [6, 6.07) is 4.76. The number of halogens is 1. The molecular formula is C8H5BrN2O2. The Hall–Kier alpha value is -1.41. The van der Waals surface area contributed by atoms with Crippen LogP contribution in [0, 0.1) is 28.4 Å². The Labute approximate surface area is 83.1 Å². The lowest BCUT2D eigenvalue weighted by molar-refractivity contribution is -0.385. The highest BCUT2D eigenvalue weighted by atomic mass is 79.9. The molecule has 0 radical (unpaired) electrons. The molecule has 0 aliphatic rings. The van der Waals surface area contributed by atoms with Crippen LogP contribution < -0.4 is 0 Å². The van der Waals surface area contributed by atoms with Gasteiger partial charge < -0.3 is 0 Å². The molecule has 66 valence electrons. The molecular weight excluding hydrogens is 236 g/mol. The number of nitro groups is 1. The van der Waals surface area contributed by atoms with Crippen molar-refractivity contribution in [2.75, 3.05) is 0 Å². The van der Waals surface area contributed by atoms with Crippen LogP contribution in [0.2, 0.25) is 0 Å². The van der Waals surface area contributed by atoms with E-state index in [-0.39, 0.29) is 5.69 Å². The monoisotopic (exact) mass is 240 g/mol. The minimum atomic E-state index is -0.471. The zero-order valence-corrected chi connectivity index (χ0v) is 8.33. The first-order valence-corrected chi connectivity index (χ1v) is 4.20. The number of hydrogen-bond acceptors (Lipinski definition) is 3. The minimum absolute atomic E-state index is 0.0193. The first-order valence-electron chi connectivity index (χ1n) is 3.41. The van der Waals surface area contributed by atoms with Crippen LogP contribution in [0.4, 0.5) is 5.69 Å². The topological polar surface area (TPSA) is 66.9 Å². The van der Waals surface area contributed by atoms with Crippen LogP contribution in [0.15, 0.2) is 16.6 Å². The highest BCUT2D eigenvalue weighted by Crippen LogP contribution is 2.26. The maximum absolute atomic E-state index is 10.5. The molecule has 0 saturated carbocycles. The average Bonchev–Trinajstić information content (AvgIpc) is 2.07. The van der Waals surface area contributed by atoms with Gasteiger partial charge in [0, 0.05) is 16.1 Å². The second kappa shape index (κ2) is 3.54. The molecule has 1 rings (SSSR count). The molecule has 4 nitrogen and oxygen atoms in total. The molecule has 0 atom stereocenters. The van der Waals surface area contributed by atoms with Crippen molar-refractivity contribution in [3.05, 3.63) is 37.8 Å². The maximum atomic E-state index is 10.5. The highest BCUT2D eigenvalue weighted by molar-refractivity contribution is 9.10. The van der Waals surface area contributed by atoms with Gasteiger partial charge in [-0.2, -0.15) is 5.26 Å². The summed E-state index contributed by atoms with van der Waals surface area (Å²) in [7, 11) is 0. The van der Waals surface area contributed by atoms with Gasteiger partial charge in [0.05, 0.1) is 10.5 Å². The van der Waals surface area contributed by atoms with Crippen LogP contribution in [0.1, 0.15) is 11.1 Å². The summed E-state index contributed by atoms with van der Waals surface area (Å²) in [6.45, 7) is 1.60. The van der Waals surface area contributed by atoms with E-state index in [0.29, 0.717) is 15.6 Å². The summed E-state index contributed by atoms with van der Waals surface area (Å²) < 4.78 is 0.451. The molecule has 0 unspecified atom stereocenters. The first-order chi connectivity index (χ1) is 6.06. The molecule has 0 heterocycles. The van der Waals surface area contributed by atoms with E-state index in [1.807, 2.05) is 6.07 Å². The standard InChI is InChI=1S/C8H5BrN2O2/c1-5-2-6(4-10)7(9)3-8(5)11(12)13/h2-3H,1H3. The zero-order valence-electron chi connectivity index (χ0n) is 6.74. The molecule has 1 aromatic carbocycles. The van der Waals surface area contributed by atoms with Crippen LogP contribution >= 0.6 is 15.9 Å². The fraction of sp³-hybridized carbons (Fsp3) is 0.125. The van der Waals surface area contributed by atoms with Crippen LogP contribution in [0.5, 0.6) is 0 Å². The van der Waals surface area contributed by atoms with E-state index in [9.17, 15) is 10.1 Å². The molecule has 0 amide bonds. The maximum Gasteiger partial charge on any atom is 0.273 e. The van der Waals surface area contributed by atoms with Crippen molar-refractivity contribution in [2.45, 2.75) is 6.92 Å². The lowest BCUT2D eigenvalue weighted by Crippen LogP contribution is -1.92. The van der Waals surface area contributed by atoms with Gasteiger partial charge in [-0.1, -0.05) is 0 Å².